The van der Waals surface area contributed by atoms with Crippen LogP contribution >= 0.6 is 23.2 Å². The molecule has 0 unspecified atom stereocenters. The Morgan fingerprint density at radius 1 is 1.11 bits per heavy atom. The Balaban J connectivity index is 2.21. The van der Waals surface area contributed by atoms with Crippen molar-refractivity contribution in [1.29, 1.82) is 0 Å². The monoisotopic (exact) mass is 542 g/mol. The number of carboxylic acid groups (broad SMARTS) is 1. The predicted octanol–water partition coefficient (Wildman–Crippen LogP) is 4.15. The van der Waals surface area contributed by atoms with Gasteiger partial charge in [-0.25, -0.2) is 12.7 Å². The smallest absolute Gasteiger partial charge is 0.306 e. The number of hydrogen-bond acceptors (Lipinski definition) is 5. The molecule has 0 aliphatic carbocycles. The van der Waals surface area contributed by atoms with E-state index in [1.807, 2.05) is 0 Å². The van der Waals surface area contributed by atoms with E-state index in [0.717, 1.165) is 4.31 Å². The van der Waals surface area contributed by atoms with Crippen molar-refractivity contribution in [3.05, 3.63) is 69.7 Å². The molecule has 1 saturated heterocycles. The molecule has 35 heavy (non-hydrogen) atoms. The number of carbonyl (C=O) groups excluding carboxylic acids is 1. The highest BCUT2D eigenvalue weighted by atomic mass is 35.5. The van der Waals surface area contributed by atoms with Crippen LogP contribution in [-0.2, 0) is 24.3 Å². The van der Waals surface area contributed by atoms with Gasteiger partial charge in [-0.1, -0.05) is 54.4 Å². The zero-order chi connectivity index (χ0) is 25.9. The summed E-state index contributed by atoms with van der Waals surface area (Å²) in [5.74, 6) is -2.10. The van der Waals surface area contributed by atoms with Crippen LogP contribution in [0.4, 0.5) is 0 Å². The lowest BCUT2D eigenvalue weighted by Crippen LogP contribution is -2.57. The molecule has 8 nitrogen and oxygen atoms in total. The van der Waals surface area contributed by atoms with Gasteiger partial charge in [0, 0.05) is 30.2 Å². The summed E-state index contributed by atoms with van der Waals surface area (Å²) in [4.78, 5) is 26.7. The zero-order valence-electron chi connectivity index (χ0n) is 19.6. The highest BCUT2D eigenvalue weighted by Crippen LogP contribution is 2.44. The van der Waals surface area contributed by atoms with Gasteiger partial charge in [-0.3, -0.25) is 9.59 Å². The number of hydrogen-bond donors (Lipinski definition) is 1. The number of benzene rings is 2. The van der Waals surface area contributed by atoms with Crippen LogP contribution in [0.1, 0.15) is 43.0 Å². The topological polar surface area (TPSA) is 104 Å². The molecule has 2 aromatic rings. The summed E-state index contributed by atoms with van der Waals surface area (Å²) in [7, 11) is -0.819. The lowest BCUT2D eigenvalue weighted by atomic mass is 9.89. The molecule has 190 valence electrons. The molecule has 1 amide bonds. The maximum absolute atomic E-state index is 13.7. The SMILES string of the molecule is CC[C@@H](CS(=O)(=O)N(C)C)N1C(=O)[C@H](CC(=O)O)O[C@H](c2cccc(Cl)c2)[C@H]1c1ccc(Cl)cc1. The predicted molar refractivity (Wildman–Crippen MR) is 134 cm³/mol. The molecule has 0 saturated carbocycles. The average Bonchev–Trinajstić information content (AvgIpc) is 2.79. The fraction of sp³-hybridized carbons (Fsp3) is 0.417. The first kappa shape index (κ1) is 27.4. The third-order valence-corrected chi connectivity index (χ3v) is 8.41. The van der Waals surface area contributed by atoms with E-state index in [1.165, 1.54) is 19.0 Å². The van der Waals surface area contributed by atoms with Gasteiger partial charge in [-0.05, 0) is 41.8 Å². The Bertz CT molecular complexity index is 1170. The van der Waals surface area contributed by atoms with Crippen molar-refractivity contribution in [3.8, 4) is 0 Å². The highest BCUT2D eigenvalue weighted by molar-refractivity contribution is 7.89. The first-order valence-corrected chi connectivity index (χ1v) is 13.4. The van der Waals surface area contributed by atoms with Crippen molar-refractivity contribution in [2.45, 2.75) is 44.1 Å². The summed E-state index contributed by atoms with van der Waals surface area (Å²) >= 11 is 12.3. The van der Waals surface area contributed by atoms with Crippen LogP contribution in [0.15, 0.2) is 48.5 Å². The number of carbonyl (C=O) groups is 2. The molecule has 11 heteroatoms. The van der Waals surface area contributed by atoms with Crippen molar-refractivity contribution in [3.63, 3.8) is 0 Å². The molecule has 0 radical (unpaired) electrons. The van der Waals surface area contributed by atoms with Crippen LogP contribution < -0.4 is 0 Å². The molecule has 4 atom stereocenters. The number of nitrogens with zero attached hydrogens (tertiary/aromatic N) is 2. The molecule has 0 aromatic heterocycles. The number of sulfonamides is 1. The summed E-state index contributed by atoms with van der Waals surface area (Å²) in [5, 5.41) is 10.4. The summed E-state index contributed by atoms with van der Waals surface area (Å²) in [6, 6.07) is 12.3. The van der Waals surface area contributed by atoms with E-state index < -0.39 is 52.6 Å². The number of ether oxygens (including phenoxy) is 1. The minimum absolute atomic E-state index is 0.324. The van der Waals surface area contributed by atoms with Gasteiger partial charge in [0.15, 0.2) is 0 Å². The van der Waals surface area contributed by atoms with Crippen molar-refractivity contribution in [2.75, 3.05) is 19.8 Å². The number of halogens is 2. The van der Waals surface area contributed by atoms with E-state index >= 15 is 0 Å². The van der Waals surface area contributed by atoms with Crippen LogP contribution in [0.2, 0.25) is 10.0 Å². The summed E-state index contributed by atoms with van der Waals surface area (Å²) in [5.41, 5.74) is 1.30. The second-order valence-electron chi connectivity index (χ2n) is 8.56. The van der Waals surface area contributed by atoms with Crippen molar-refractivity contribution in [2.24, 2.45) is 0 Å². The highest BCUT2D eigenvalue weighted by Gasteiger charge is 2.47. The molecule has 1 N–H and O–H groups in total. The average molecular weight is 543 g/mol. The molecule has 2 aromatic carbocycles. The molecule has 3 rings (SSSR count). The Morgan fingerprint density at radius 2 is 1.77 bits per heavy atom. The van der Waals surface area contributed by atoms with E-state index in [0.29, 0.717) is 27.6 Å². The maximum Gasteiger partial charge on any atom is 0.306 e. The maximum atomic E-state index is 13.7. The van der Waals surface area contributed by atoms with Crippen LogP contribution in [-0.4, -0.2) is 66.6 Å². The largest absolute Gasteiger partial charge is 0.481 e. The number of rotatable bonds is 9. The lowest BCUT2D eigenvalue weighted by molar-refractivity contribution is -0.182. The molecule has 0 spiro atoms. The van der Waals surface area contributed by atoms with Gasteiger partial charge in [0.25, 0.3) is 5.91 Å². The first-order chi connectivity index (χ1) is 16.4. The van der Waals surface area contributed by atoms with Gasteiger partial charge in [0.2, 0.25) is 10.0 Å². The van der Waals surface area contributed by atoms with E-state index in [-0.39, 0.29) is 5.75 Å². The number of aliphatic carboxylic acids is 1. The molecule has 1 aliphatic rings. The van der Waals surface area contributed by atoms with Gasteiger partial charge in [0.05, 0.1) is 18.2 Å². The molecular weight excluding hydrogens is 515 g/mol. The van der Waals surface area contributed by atoms with Crippen LogP contribution in [0, 0.1) is 0 Å². The van der Waals surface area contributed by atoms with Crippen LogP contribution in [0.25, 0.3) is 0 Å². The second-order valence-corrected chi connectivity index (χ2v) is 11.7. The standard InChI is InChI=1S/C24H28Cl2N2O6S/c1-4-19(14-35(32,33)27(2)3)28-22(15-8-10-17(25)11-9-15)23(16-6-5-7-18(26)12-16)34-20(24(28)31)13-21(29)30/h5-12,19-20,22-23H,4,13-14H2,1-3H3,(H,29,30)/t19-,20-,22+,23+/m0/s1. The van der Waals surface area contributed by atoms with Crippen molar-refractivity contribution < 1.29 is 27.9 Å². The Labute approximate surface area is 215 Å². The fourth-order valence-electron chi connectivity index (χ4n) is 4.19. The number of carboxylic acids is 1. The Morgan fingerprint density at radius 3 is 2.31 bits per heavy atom. The minimum atomic E-state index is -3.68. The Hall–Kier alpha value is -2.17. The number of morpholine rings is 1. The van der Waals surface area contributed by atoms with E-state index in [2.05, 4.69) is 0 Å². The van der Waals surface area contributed by atoms with Crippen LogP contribution in [0.3, 0.4) is 0 Å². The molecule has 1 fully saturated rings. The zero-order valence-corrected chi connectivity index (χ0v) is 21.9. The molecule has 1 heterocycles. The third-order valence-electron chi connectivity index (χ3n) is 6.00. The quantitative estimate of drug-likeness (QED) is 0.510. The summed E-state index contributed by atoms with van der Waals surface area (Å²) in [6.07, 6.45) is -2.33. The van der Waals surface area contributed by atoms with E-state index in [4.69, 9.17) is 27.9 Å². The molecular formula is C24H28Cl2N2O6S. The van der Waals surface area contributed by atoms with E-state index in [9.17, 15) is 23.1 Å². The molecule has 1 aliphatic heterocycles. The van der Waals surface area contributed by atoms with Gasteiger partial charge in [-0.15, -0.1) is 0 Å². The van der Waals surface area contributed by atoms with Crippen molar-refractivity contribution in [1.82, 2.24) is 9.21 Å². The molecule has 0 bridgehead atoms. The lowest BCUT2D eigenvalue weighted by Gasteiger charge is -2.48. The fourth-order valence-corrected chi connectivity index (χ4v) is 5.69. The summed E-state index contributed by atoms with van der Waals surface area (Å²) < 4.78 is 32.9. The van der Waals surface area contributed by atoms with E-state index in [1.54, 1.807) is 55.5 Å². The van der Waals surface area contributed by atoms with Gasteiger partial charge in [0.1, 0.15) is 12.2 Å². The van der Waals surface area contributed by atoms with Crippen molar-refractivity contribution >= 4 is 45.1 Å². The normalized spacial score (nSPS) is 21.8. The third kappa shape index (κ3) is 6.34. The first-order valence-electron chi connectivity index (χ1n) is 11.0. The van der Waals surface area contributed by atoms with Gasteiger partial charge >= 0.3 is 5.97 Å². The van der Waals surface area contributed by atoms with Crippen LogP contribution in [0.5, 0.6) is 0 Å². The number of amides is 1. The second kappa shape index (κ2) is 11.3. The van der Waals surface area contributed by atoms with Gasteiger partial charge < -0.3 is 14.7 Å². The minimum Gasteiger partial charge on any atom is -0.481 e. The van der Waals surface area contributed by atoms with Gasteiger partial charge in [-0.2, -0.15) is 0 Å². The Kier molecular flexibility index (Phi) is 8.82. The summed E-state index contributed by atoms with van der Waals surface area (Å²) in [6.45, 7) is 1.79.